The first-order chi connectivity index (χ1) is 13.2. The zero-order valence-electron chi connectivity index (χ0n) is 16.8. The number of methoxy groups -OCH3 is 1. The molecule has 0 spiro atoms. The minimum atomic E-state index is -0.862. The molecule has 3 amide bonds. The number of thioether (sulfide) groups is 1. The molecule has 0 aliphatic heterocycles. The molecule has 1 aromatic carbocycles. The first kappa shape index (κ1) is 21.7. The van der Waals surface area contributed by atoms with E-state index in [4.69, 9.17) is 10.5 Å². The molecule has 0 saturated heterocycles. The highest BCUT2D eigenvalue weighted by atomic mass is 32.2. The number of hydrogen-bond donors (Lipinski definition) is 2. The van der Waals surface area contributed by atoms with Crippen LogP contribution in [0.15, 0.2) is 29.4 Å². The van der Waals surface area contributed by atoms with Gasteiger partial charge in [-0.25, -0.2) is 4.79 Å². The molecule has 0 fully saturated rings. The molecule has 0 unspecified atom stereocenters. The summed E-state index contributed by atoms with van der Waals surface area (Å²) in [6.07, 6.45) is 0. The Hall–Kier alpha value is -2.55. The van der Waals surface area contributed by atoms with Gasteiger partial charge in [-0.15, -0.1) is 10.2 Å². The lowest BCUT2D eigenvalue weighted by molar-refractivity contribution is -0.120. The molecule has 1 atom stereocenters. The van der Waals surface area contributed by atoms with Gasteiger partial charge in [0.25, 0.3) is 0 Å². The third-order valence-corrected chi connectivity index (χ3v) is 5.48. The Morgan fingerprint density at radius 2 is 1.82 bits per heavy atom. The number of nitrogens with zero attached hydrogens (tertiary/aromatic N) is 3. The normalized spacial score (nSPS) is 12.2. The summed E-state index contributed by atoms with van der Waals surface area (Å²) in [6, 6.07) is 6.72. The molecule has 2 rings (SSSR count). The fourth-order valence-corrected chi connectivity index (χ4v) is 3.70. The number of carbonyl (C=O) groups excluding carboxylic acids is 2. The number of hydrogen-bond acceptors (Lipinski definition) is 6. The highest BCUT2D eigenvalue weighted by molar-refractivity contribution is 8.00. The van der Waals surface area contributed by atoms with Gasteiger partial charge < -0.3 is 15.0 Å². The average molecular weight is 406 g/mol. The van der Waals surface area contributed by atoms with Crippen molar-refractivity contribution in [2.45, 2.75) is 44.6 Å². The van der Waals surface area contributed by atoms with E-state index in [-0.39, 0.29) is 5.92 Å². The van der Waals surface area contributed by atoms with Gasteiger partial charge in [-0.3, -0.25) is 10.1 Å². The van der Waals surface area contributed by atoms with E-state index in [1.165, 1.54) is 11.8 Å². The maximum absolute atomic E-state index is 12.4. The Morgan fingerprint density at radius 3 is 2.32 bits per heavy atom. The first-order valence-electron chi connectivity index (χ1n) is 9.07. The topological polar surface area (TPSA) is 112 Å². The van der Waals surface area contributed by atoms with Crippen molar-refractivity contribution in [1.82, 2.24) is 20.1 Å². The van der Waals surface area contributed by atoms with Crippen molar-refractivity contribution in [2.75, 3.05) is 7.11 Å². The van der Waals surface area contributed by atoms with Gasteiger partial charge in [0, 0.05) is 12.1 Å². The largest absolute Gasteiger partial charge is 0.497 e. The Balaban J connectivity index is 2.38. The second-order valence-corrected chi connectivity index (χ2v) is 8.28. The number of ether oxygens (including phenoxy) is 1. The second-order valence-electron chi connectivity index (χ2n) is 7.18. The predicted molar refractivity (Wildman–Crippen MR) is 109 cm³/mol. The molecule has 2 aromatic rings. The Kier molecular flexibility index (Phi) is 7.45. The third kappa shape index (κ3) is 5.48. The molecule has 0 bridgehead atoms. The van der Waals surface area contributed by atoms with E-state index >= 15 is 0 Å². The number of nitrogens with two attached hydrogens (primary N) is 1. The van der Waals surface area contributed by atoms with Crippen molar-refractivity contribution < 1.29 is 14.3 Å². The number of nitrogens with one attached hydrogen (secondary N) is 1. The van der Waals surface area contributed by atoms with Gasteiger partial charge in [-0.2, -0.15) is 0 Å². The van der Waals surface area contributed by atoms with Crippen molar-refractivity contribution >= 4 is 23.7 Å². The fourth-order valence-electron chi connectivity index (χ4n) is 2.66. The van der Waals surface area contributed by atoms with Gasteiger partial charge in [0.1, 0.15) is 5.75 Å². The van der Waals surface area contributed by atoms with Crippen LogP contribution in [0.5, 0.6) is 5.75 Å². The van der Waals surface area contributed by atoms with E-state index in [0.29, 0.717) is 17.6 Å². The monoisotopic (exact) mass is 405 g/mol. The summed E-state index contributed by atoms with van der Waals surface area (Å²) in [5.74, 6) is 1.37. The van der Waals surface area contributed by atoms with Crippen molar-refractivity contribution in [1.29, 1.82) is 0 Å². The molecule has 0 aliphatic rings. The zero-order valence-corrected chi connectivity index (χ0v) is 17.6. The molecule has 9 heteroatoms. The third-order valence-electron chi connectivity index (χ3n) is 3.96. The minimum Gasteiger partial charge on any atom is -0.497 e. The summed E-state index contributed by atoms with van der Waals surface area (Å²) in [5, 5.41) is 10.9. The smallest absolute Gasteiger partial charge is 0.318 e. The van der Waals surface area contributed by atoms with Gasteiger partial charge >= 0.3 is 6.03 Å². The van der Waals surface area contributed by atoms with E-state index < -0.39 is 17.2 Å². The van der Waals surface area contributed by atoms with Crippen LogP contribution < -0.4 is 15.8 Å². The number of aromatic nitrogens is 3. The van der Waals surface area contributed by atoms with Crippen LogP contribution >= 0.6 is 11.8 Å². The van der Waals surface area contributed by atoms with Crippen LogP contribution in [0, 0.1) is 11.8 Å². The highest BCUT2D eigenvalue weighted by Crippen LogP contribution is 2.31. The van der Waals surface area contributed by atoms with Crippen molar-refractivity contribution in [3.63, 3.8) is 0 Å². The summed E-state index contributed by atoms with van der Waals surface area (Å²) in [4.78, 5) is 23.5. The summed E-state index contributed by atoms with van der Waals surface area (Å²) in [5.41, 5.74) is 6.01. The van der Waals surface area contributed by atoms with Crippen molar-refractivity contribution in [2.24, 2.45) is 17.6 Å². The average Bonchev–Trinajstić information content (AvgIpc) is 3.00. The lowest BCUT2D eigenvalue weighted by Gasteiger charge is -2.19. The number of urea groups is 1. The molecule has 1 heterocycles. The van der Waals surface area contributed by atoms with Crippen LogP contribution in [0.4, 0.5) is 4.79 Å². The number of primary amides is 1. The maximum atomic E-state index is 12.4. The summed E-state index contributed by atoms with van der Waals surface area (Å²) < 4.78 is 7.22. The zero-order chi connectivity index (χ0) is 20.8. The molecule has 3 N–H and O–H groups in total. The van der Waals surface area contributed by atoms with Gasteiger partial charge in [0.15, 0.2) is 11.0 Å². The Bertz CT molecular complexity index is 817. The fraction of sp³-hybridized carbons (Fsp3) is 0.474. The maximum Gasteiger partial charge on any atom is 0.318 e. The van der Waals surface area contributed by atoms with Crippen molar-refractivity contribution in [3.8, 4) is 17.1 Å². The molecule has 8 nitrogen and oxygen atoms in total. The van der Waals surface area contributed by atoms with E-state index in [1.807, 2.05) is 42.7 Å². The molecule has 152 valence electrons. The van der Waals surface area contributed by atoms with Gasteiger partial charge in [-0.1, -0.05) is 39.5 Å². The van der Waals surface area contributed by atoms with Gasteiger partial charge in [0.05, 0.1) is 12.4 Å². The second kappa shape index (κ2) is 9.59. The van der Waals surface area contributed by atoms with E-state index in [0.717, 1.165) is 17.1 Å². The van der Waals surface area contributed by atoms with Crippen molar-refractivity contribution in [3.05, 3.63) is 24.3 Å². The molecule has 0 aliphatic carbocycles. The SMILES string of the molecule is COc1ccc(-c2nnc(S[C@@H](C(=O)NC(N)=O)C(C)C)n2CC(C)C)cc1. The van der Waals surface area contributed by atoms with Crippen LogP contribution in [-0.4, -0.2) is 39.1 Å². The number of amides is 3. The lowest BCUT2D eigenvalue weighted by atomic mass is 10.1. The van der Waals surface area contributed by atoms with Crippen LogP contribution in [0.2, 0.25) is 0 Å². The van der Waals surface area contributed by atoms with Gasteiger partial charge in [-0.05, 0) is 36.1 Å². The predicted octanol–water partition coefficient (Wildman–Crippen LogP) is 2.92. The molecule has 0 saturated carbocycles. The number of imide groups is 1. The molecular weight excluding hydrogens is 378 g/mol. The summed E-state index contributed by atoms with van der Waals surface area (Å²) in [7, 11) is 1.62. The van der Waals surface area contributed by atoms with Gasteiger partial charge in [0.2, 0.25) is 5.91 Å². The molecule has 28 heavy (non-hydrogen) atoms. The van der Waals surface area contributed by atoms with Crippen LogP contribution in [0.3, 0.4) is 0 Å². The molecule has 1 aromatic heterocycles. The van der Waals surface area contributed by atoms with Crippen LogP contribution in [0.1, 0.15) is 27.7 Å². The van der Waals surface area contributed by atoms with Crippen LogP contribution in [0.25, 0.3) is 11.4 Å². The minimum absolute atomic E-state index is 0.0296. The molecule has 0 radical (unpaired) electrons. The quantitative estimate of drug-likeness (QED) is 0.653. The number of rotatable bonds is 8. The molecular formula is C19H27N5O3S. The summed E-state index contributed by atoms with van der Waals surface area (Å²) >= 11 is 1.28. The Labute approximate surface area is 169 Å². The van der Waals surface area contributed by atoms with E-state index in [2.05, 4.69) is 29.4 Å². The highest BCUT2D eigenvalue weighted by Gasteiger charge is 2.28. The lowest BCUT2D eigenvalue weighted by Crippen LogP contribution is -2.42. The number of carbonyl (C=O) groups is 2. The standard InChI is InChI=1S/C19H27N5O3S/c1-11(2)10-24-16(13-6-8-14(27-5)9-7-13)22-23-19(24)28-15(12(3)4)17(25)21-18(20)26/h6-9,11-12,15H,10H2,1-5H3,(H3,20,21,25,26)/t15-/m1/s1. The van der Waals surface area contributed by atoms with Crippen LogP contribution in [-0.2, 0) is 11.3 Å². The number of benzene rings is 1. The Morgan fingerprint density at radius 1 is 1.18 bits per heavy atom. The van der Waals surface area contributed by atoms with E-state index in [1.54, 1.807) is 7.11 Å². The summed E-state index contributed by atoms with van der Waals surface area (Å²) in [6.45, 7) is 8.72. The first-order valence-corrected chi connectivity index (χ1v) is 9.95. The van der Waals surface area contributed by atoms with E-state index in [9.17, 15) is 9.59 Å².